The molecule has 5 heteroatoms. The van der Waals surface area contributed by atoms with Crippen LogP contribution in [-0.2, 0) is 6.42 Å². The molecule has 0 bridgehead atoms. The van der Waals surface area contributed by atoms with Gasteiger partial charge in [0.2, 0.25) is 0 Å². The Morgan fingerprint density at radius 3 is 2.85 bits per heavy atom. The van der Waals surface area contributed by atoms with Crippen molar-refractivity contribution in [1.29, 1.82) is 0 Å². The molecule has 4 nitrogen and oxygen atoms in total. The Morgan fingerprint density at radius 1 is 1.40 bits per heavy atom. The van der Waals surface area contributed by atoms with E-state index < -0.39 is 6.10 Å². The molecule has 2 rings (SSSR count). The second kappa shape index (κ2) is 6.59. The van der Waals surface area contributed by atoms with Crippen LogP contribution < -0.4 is 4.74 Å². The number of phenols is 1. The van der Waals surface area contributed by atoms with Crippen molar-refractivity contribution >= 4 is 11.6 Å². The molecule has 0 saturated heterocycles. The number of pyridine rings is 1. The topological polar surface area (TPSA) is 62.6 Å². The van der Waals surface area contributed by atoms with Crippen LogP contribution in [-0.4, -0.2) is 22.3 Å². The van der Waals surface area contributed by atoms with Crippen LogP contribution in [0.25, 0.3) is 0 Å². The van der Waals surface area contributed by atoms with Crippen LogP contribution >= 0.6 is 11.6 Å². The molecule has 1 aromatic carbocycles. The summed E-state index contributed by atoms with van der Waals surface area (Å²) in [6.45, 7) is 0. The van der Waals surface area contributed by atoms with Crippen LogP contribution in [0.5, 0.6) is 11.5 Å². The van der Waals surface area contributed by atoms with E-state index in [0.29, 0.717) is 18.6 Å². The summed E-state index contributed by atoms with van der Waals surface area (Å²) in [5, 5.41) is 20.0. The molecule has 1 atom stereocenters. The van der Waals surface area contributed by atoms with Gasteiger partial charge in [-0.05, 0) is 42.2 Å². The number of nitrogens with zero attached hydrogens (tertiary/aromatic N) is 1. The zero-order chi connectivity index (χ0) is 14.5. The number of aromatic nitrogens is 1. The summed E-state index contributed by atoms with van der Waals surface area (Å²) in [6, 6.07) is 7.02. The molecule has 1 aromatic heterocycles. The number of benzene rings is 1. The highest BCUT2D eigenvalue weighted by molar-refractivity contribution is 6.32. The Hall–Kier alpha value is -1.78. The predicted octanol–water partition coefficient (Wildman–Crippen LogP) is 3.12. The fourth-order valence-corrected chi connectivity index (χ4v) is 2.20. The van der Waals surface area contributed by atoms with E-state index >= 15 is 0 Å². The molecule has 1 heterocycles. The largest absolute Gasteiger partial charge is 0.503 e. The zero-order valence-corrected chi connectivity index (χ0v) is 11.8. The van der Waals surface area contributed by atoms with Crippen molar-refractivity contribution in [2.24, 2.45) is 0 Å². The number of hydrogen-bond donors (Lipinski definition) is 2. The van der Waals surface area contributed by atoms with Gasteiger partial charge in [0.05, 0.1) is 18.2 Å². The van der Waals surface area contributed by atoms with Crippen LogP contribution in [0.3, 0.4) is 0 Å². The van der Waals surface area contributed by atoms with Gasteiger partial charge in [0.1, 0.15) is 0 Å². The monoisotopic (exact) mass is 293 g/mol. The predicted molar refractivity (Wildman–Crippen MR) is 77.2 cm³/mol. The van der Waals surface area contributed by atoms with Gasteiger partial charge in [-0.15, -0.1) is 0 Å². The van der Waals surface area contributed by atoms with E-state index in [1.165, 1.54) is 7.11 Å². The van der Waals surface area contributed by atoms with Gasteiger partial charge >= 0.3 is 0 Å². The average molecular weight is 294 g/mol. The third kappa shape index (κ3) is 3.40. The quantitative estimate of drug-likeness (QED) is 0.889. The maximum atomic E-state index is 10.1. The number of aliphatic hydroxyl groups excluding tert-OH is 1. The number of ether oxygens (including phenoxy) is 1. The first-order valence-electron chi connectivity index (χ1n) is 6.25. The molecule has 2 N–H and O–H groups in total. The molecule has 0 radical (unpaired) electrons. The molecule has 0 aliphatic rings. The summed E-state index contributed by atoms with van der Waals surface area (Å²) in [5.41, 5.74) is 1.68. The Morgan fingerprint density at radius 2 is 2.20 bits per heavy atom. The van der Waals surface area contributed by atoms with Crippen molar-refractivity contribution in [3.8, 4) is 11.5 Å². The molecule has 0 fully saturated rings. The average Bonchev–Trinajstić information content (AvgIpc) is 2.48. The van der Waals surface area contributed by atoms with Gasteiger partial charge in [0, 0.05) is 12.4 Å². The minimum atomic E-state index is -0.581. The summed E-state index contributed by atoms with van der Waals surface area (Å²) in [7, 11) is 1.47. The van der Waals surface area contributed by atoms with E-state index in [1.807, 2.05) is 6.07 Å². The molecule has 20 heavy (non-hydrogen) atoms. The van der Waals surface area contributed by atoms with Crippen LogP contribution in [0.2, 0.25) is 5.02 Å². The highest BCUT2D eigenvalue weighted by Gasteiger charge is 2.11. The number of phenolic OH excluding ortho intramolecular Hbond substituents is 1. The lowest BCUT2D eigenvalue weighted by molar-refractivity contribution is 0.167. The maximum absolute atomic E-state index is 10.1. The summed E-state index contributed by atoms with van der Waals surface area (Å²) in [4.78, 5) is 3.98. The van der Waals surface area contributed by atoms with Crippen LogP contribution in [0.4, 0.5) is 0 Å². The molecule has 0 saturated carbocycles. The first-order chi connectivity index (χ1) is 9.61. The molecule has 0 aliphatic carbocycles. The summed E-state index contributed by atoms with van der Waals surface area (Å²) in [6.07, 6.45) is 3.89. The lowest BCUT2D eigenvalue weighted by atomic mass is 10.0. The number of halogens is 1. The number of methoxy groups -OCH3 is 1. The van der Waals surface area contributed by atoms with E-state index in [-0.39, 0.29) is 10.8 Å². The molecule has 106 valence electrons. The van der Waals surface area contributed by atoms with Crippen LogP contribution in [0.15, 0.2) is 36.7 Å². The van der Waals surface area contributed by atoms with Gasteiger partial charge in [0.15, 0.2) is 11.5 Å². The van der Waals surface area contributed by atoms with Crippen molar-refractivity contribution in [3.63, 3.8) is 0 Å². The molecule has 0 aliphatic heterocycles. The molecule has 1 unspecified atom stereocenters. The third-order valence-corrected chi connectivity index (χ3v) is 3.37. The first-order valence-corrected chi connectivity index (χ1v) is 6.63. The second-order valence-corrected chi connectivity index (χ2v) is 4.88. The van der Waals surface area contributed by atoms with Crippen LogP contribution in [0, 0.1) is 0 Å². The fraction of sp³-hybridized carbons (Fsp3) is 0.267. The van der Waals surface area contributed by atoms with E-state index in [9.17, 15) is 10.2 Å². The van der Waals surface area contributed by atoms with Gasteiger partial charge in [-0.25, -0.2) is 0 Å². The van der Waals surface area contributed by atoms with E-state index in [2.05, 4.69) is 4.98 Å². The van der Waals surface area contributed by atoms with Crippen molar-refractivity contribution in [1.82, 2.24) is 4.98 Å². The van der Waals surface area contributed by atoms with Gasteiger partial charge in [-0.1, -0.05) is 17.7 Å². The highest BCUT2D eigenvalue weighted by atomic mass is 35.5. The number of hydrogen-bond acceptors (Lipinski definition) is 4. The minimum Gasteiger partial charge on any atom is -0.503 e. The molecule has 0 spiro atoms. The minimum absolute atomic E-state index is 0.0641. The lowest BCUT2D eigenvalue weighted by Gasteiger charge is -2.12. The van der Waals surface area contributed by atoms with Crippen molar-refractivity contribution < 1.29 is 14.9 Å². The van der Waals surface area contributed by atoms with Gasteiger partial charge in [-0.3, -0.25) is 4.98 Å². The van der Waals surface area contributed by atoms with Crippen molar-refractivity contribution in [2.75, 3.05) is 7.11 Å². The van der Waals surface area contributed by atoms with Crippen molar-refractivity contribution in [2.45, 2.75) is 18.9 Å². The number of aliphatic hydroxyl groups is 1. The summed E-state index contributed by atoms with van der Waals surface area (Å²) >= 11 is 5.93. The number of aromatic hydroxyl groups is 1. The summed E-state index contributed by atoms with van der Waals surface area (Å²) in [5.74, 6) is 0.272. The van der Waals surface area contributed by atoms with E-state index in [1.54, 1.807) is 30.6 Å². The standard InChI is InChI=1S/C15H16ClNO3/c1-20-14-8-10(7-12(16)15(14)19)4-5-13(18)11-3-2-6-17-9-11/h2-3,6-9,13,18-19H,4-5H2,1H3. The lowest BCUT2D eigenvalue weighted by Crippen LogP contribution is -2.00. The zero-order valence-electron chi connectivity index (χ0n) is 11.1. The Kier molecular flexibility index (Phi) is 4.82. The SMILES string of the molecule is COc1cc(CCC(O)c2cccnc2)cc(Cl)c1O. The van der Waals surface area contributed by atoms with Gasteiger partial charge < -0.3 is 14.9 Å². The molecular weight excluding hydrogens is 278 g/mol. The van der Waals surface area contributed by atoms with Crippen LogP contribution in [0.1, 0.15) is 23.7 Å². The number of aryl methyl sites for hydroxylation is 1. The highest BCUT2D eigenvalue weighted by Crippen LogP contribution is 2.35. The normalized spacial score (nSPS) is 12.2. The molecular formula is C15H16ClNO3. The first kappa shape index (κ1) is 14.6. The van der Waals surface area contributed by atoms with Crippen molar-refractivity contribution in [3.05, 3.63) is 52.8 Å². The number of rotatable bonds is 5. The second-order valence-electron chi connectivity index (χ2n) is 4.47. The Balaban J connectivity index is 2.06. The van der Waals surface area contributed by atoms with E-state index in [4.69, 9.17) is 16.3 Å². The van der Waals surface area contributed by atoms with Gasteiger partial charge in [0.25, 0.3) is 0 Å². The maximum Gasteiger partial charge on any atom is 0.176 e. The fourth-order valence-electron chi connectivity index (χ4n) is 1.97. The van der Waals surface area contributed by atoms with E-state index in [0.717, 1.165) is 11.1 Å². The molecule has 2 aromatic rings. The Bertz CT molecular complexity index is 575. The van der Waals surface area contributed by atoms with Gasteiger partial charge in [-0.2, -0.15) is 0 Å². The Labute approximate surface area is 122 Å². The summed E-state index contributed by atoms with van der Waals surface area (Å²) < 4.78 is 5.05. The third-order valence-electron chi connectivity index (χ3n) is 3.08. The molecule has 0 amide bonds. The smallest absolute Gasteiger partial charge is 0.176 e.